The van der Waals surface area contributed by atoms with Crippen LogP contribution in [0.3, 0.4) is 0 Å². The van der Waals surface area contributed by atoms with Crippen LogP contribution >= 0.6 is 15.9 Å². The third kappa shape index (κ3) is 6.79. The van der Waals surface area contributed by atoms with Gasteiger partial charge in [-0.3, -0.25) is 4.79 Å². The monoisotopic (exact) mass is 613 g/mol. The number of nitrogens with zero attached hydrogens (tertiary/aromatic N) is 3. The second-order valence-corrected chi connectivity index (χ2v) is 11.5. The van der Waals surface area contributed by atoms with Gasteiger partial charge in [-0.05, 0) is 74.6 Å². The topological polar surface area (TPSA) is 65.7 Å². The average Bonchev–Trinajstić information content (AvgIpc) is 2.98. The Kier molecular flexibility index (Phi) is 9.35. The third-order valence-corrected chi connectivity index (χ3v) is 7.94. The maximum Gasteiger partial charge on any atom is 0.282 e. The van der Waals surface area contributed by atoms with Gasteiger partial charge in [0.1, 0.15) is 12.4 Å². The maximum atomic E-state index is 13.7. The molecule has 0 amide bonds. The Balaban J connectivity index is 1.54. The molecule has 0 aliphatic heterocycles. The van der Waals surface area contributed by atoms with Gasteiger partial charge in [0.25, 0.3) is 5.56 Å². The second kappa shape index (κ2) is 13.3. The number of hydrogen-bond donors (Lipinski definition) is 0. The van der Waals surface area contributed by atoms with Gasteiger partial charge in [0.2, 0.25) is 0 Å². The van der Waals surface area contributed by atoms with E-state index >= 15 is 0 Å². The molecular weight excluding hydrogens is 578 g/mol. The molecule has 6 nitrogen and oxygen atoms in total. The van der Waals surface area contributed by atoms with E-state index in [-0.39, 0.29) is 11.5 Å². The van der Waals surface area contributed by atoms with Gasteiger partial charge in [-0.2, -0.15) is 9.78 Å². The lowest BCUT2D eigenvalue weighted by molar-refractivity contribution is 0.267. The lowest BCUT2D eigenvalue weighted by Crippen LogP contribution is -2.25. The first-order chi connectivity index (χ1) is 20.0. The fourth-order valence-electron chi connectivity index (χ4n) is 5.36. The number of aromatic nitrogens is 2. The van der Waals surface area contributed by atoms with Crippen molar-refractivity contribution in [2.75, 3.05) is 6.61 Å². The van der Waals surface area contributed by atoms with E-state index in [1.165, 1.54) is 16.7 Å². The van der Waals surface area contributed by atoms with Gasteiger partial charge in [-0.25, -0.2) is 4.98 Å². The zero-order valence-electron chi connectivity index (χ0n) is 23.7. The largest absolute Gasteiger partial charge is 0.490 e. The van der Waals surface area contributed by atoms with E-state index < -0.39 is 0 Å². The lowest BCUT2D eigenvalue weighted by atomic mass is 9.88. The van der Waals surface area contributed by atoms with Crippen LogP contribution in [0.5, 0.6) is 11.5 Å². The van der Waals surface area contributed by atoms with Gasteiger partial charge in [0.05, 0.1) is 23.7 Å². The SMILES string of the molecule is C=CCc1cc(C=Nn2c(C3CCCCC3)nc3ccc(Br)cc3c2=O)cc(OCC)c1OCc1ccc(C)cc1. The average molecular weight is 615 g/mol. The van der Waals surface area contributed by atoms with E-state index in [0.29, 0.717) is 42.0 Å². The Morgan fingerprint density at radius 3 is 2.59 bits per heavy atom. The summed E-state index contributed by atoms with van der Waals surface area (Å²) in [6.45, 7) is 8.88. The molecule has 1 aliphatic carbocycles. The van der Waals surface area contributed by atoms with E-state index in [1.807, 2.05) is 43.3 Å². The van der Waals surface area contributed by atoms with Crippen molar-refractivity contribution < 1.29 is 9.47 Å². The lowest BCUT2D eigenvalue weighted by Gasteiger charge is -2.22. The molecule has 1 aromatic heterocycles. The summed E-state index contributed by atoms with van der Waals surface area (Å²) in [5.41, 5.74) is 4.58. The normalized spacial score (nSPS) is 14.0. The molecule has 1 fully saturated rings. The van der Waals surface area contributed by atoms with Crippen LogP contribution in [0.15, 0.2) is 81.6 Å². The van der Waals surface area contributed by atoms with Gasteiger partial charge in [-0.15, -0.1) is 6.58 Å². The zero-order chi connectivity index (χ0) is 28.8. The molecule has 212 valence electrons. The Hall–Kier alpha value is -3.71. The van der Waals surface area contributed by atoms with E-state index in [0.717, 1.165) is 52.7 Å². The minimum Gasteiger partial charge on any atom is -0.490 e. The smallest absolute Gasteiger partial charge is 0.282 e. The highest BCUT2D eigenvalue weighted by molar-refractivity contribution is 9.10. The van der Waals surface area contributed by atoms with E-state index in [1.54, 1.807) is 6.21 Å². The summed E-state index contributed by atoms with van der Waals surface area (Å²) in [4.78, 5) is 18.7. The number of hydrogen-bond acceptors (Lipinski definition) is 5. The molecule has 7 heteroatoms. The van der Waals surface area contributed by atoms with Crippen LogP contribution in [-0.4, -0.2) is 22.5 Å². The van der Waals surface area contributed by atoms with Crippen molar-refractivity contribution in [1.82, 2.24) is 9.66 Å². The van der Waals surface area contributed by atoms with Crippen molar-refractivity contribution in [3.8, 4) is 11.5 Å². The van der Waals surface area contributed by atoms with Crippen molar-refractivity contribution in [1.29, 1.82) is 0 Å². The molecule has 5 rings (SSSR count). The molecule has 4 aromatic rings. The van der Waals surface area contributed by atoms with Gasteiger partial charge in [-0.1, -0.05) is 71.1 Å². The van der Waals surface area contributed by atoms with Crippen molar-refractivity contribution in [2.24, 2.45) is 5.10 Å². The molecule has 3 aromatic carbocycles. The molecule has 1 heterocycles. The van der Waals surface area contributed by atoms with Crippen LogP contribution in [0.25, 0.3) is 10.9 Å². The minimum absolute atomic E-state index is 0.164. The molecule has 0 bridgehead atoms. The molecule has 0 unspecified atom stereocenters. The van der Waals surface area contributed by atoms with E-state index in [9.17, 15) is 4.79 Å². The van der Waals surface area contributed by atoms with Crippen LogP contribution in [-0.2, 0) is 13.0 Å². The quantitative estimate of drug-likeness (QED) is 0.134. The first-order valence-corrected chi connectivity index (χ1v) is 15.1. The van der Waals surface area contributed by atoms with Crippen LogP contribution in [0.4, 0.5) is 0 Å². The summed E-state index contributed by atoms with van der Waals surface area (Å²) in [5.74, 6) is 2.27. The Labute approximate surface area is 249 Å². The number of halogens is 1. The number of rotatable bonds is 10. The van der Waals surface area contributed by atoms with Gasteiger partial charge >= 0.3 is 0 Å². The standard InChI is InChI=1S/C34H36BrN3O3/c1-4-9-27-18-25(19-31(40-5-2)32(27)41-22-24-14-12-23(3)13-15-24)21-36-38-33(26-10-7-6-8-11-26)37-30-17-16-28(35)20-29(30)34(38)39/h4,12-21,26H,1,5-11,22H2,2-3H3. The Morgan fingerprint density at radius 2 is 1.85 bits per heavy atom. The maximum absolute atomic E-state index is 13.7. The number of allylic oxidation sites excluding steroid dienone is 1. The van der Waals surface area contributed by atoms with Gasteiger partial charge in [0, 0.05) is 16.0 Å². The van der Waals surface area contributed by atoms with E-state index in [2.05, 4.69) is 53.7 Å². The highest BCUT2D eigenvalue weighted by atomic mass is 79.9. The molecule has 0 atom stereocenters. The third-order valence-electron chi connectivity index (χ3n) is 7.45. The first kappa shape index (κ1) is 28.8. The van der Waals surface area contributed by atoms with Crippen molar-refractivity contribution in [2.45, 2.75) is 64.9 Å². The van der Waals surface area contributed by atoms with Crippen LogP contribution in [0, 0.1) is 6.92 Å². The van der Waals surface area contributed by atoms with Gasteiger partial charge < -0.3 is 9.47 Å². The van der Waals surface area contributed by atoms with Crippen molar-refractivity contribution in [3.05, 3.63) is 110 Å². The highest BCUT2D eigenvalue weighted by Gasteiger charge is 2.23. The predicted octanol–water partition coefficient (Wildman–Crippen LogP) is 8.10. The number of fused-ring (bicyclic) bond motifs is 1. The minimum atomic E-state index is -0.164. The molecule has 1 saturated carbocycles. The van der Waals surface area contributed by atoms with Crippen molar-refractivity contribution >= 4 is 33.0 Å². The number of aryl methyl sites for hydroxylation is 1. The van der Waals surface area contributed by atoms with Crippen LogP contribution in [0.2, 0.25) is 0 Å². The summed E-state index contributed by atoms with van der Waals surface area (Å²) in [6.07, 6.45) is 9.67. The van der Waals surface area contributed by atoms with Gasteiger partial charge in [0.15, 0.2) is 11.5 Å². The molecule has 0 radical (unpaired) electrons. The highest BCUT2D eigenvalue weighted by Crippen LogP contribution is 2.35. The number of benzene rings is 3. The molecule has 41 heavy (non-hydrogen) atoms. The molecule has 0 saturated heterocycles. The zero-order valence-corrected chi connectivity index (χ0v) is 25.3. The first-order valence-electron chi connectivity index (χ1n) is 14.3. The number of ether oxygens (including phenoxy) is 2. The van der Waals surface area contributed by atoms with Crippen LogP contribution < -0.4 is 15.0 Å². The van der Waals surface area contributed by atoms with E-state index in [4.69, 9.17) is 19.6 Å². The summed E-state index contributed by atoms with van der Waals surface area (Å²) in [7, 11) is 0. The summed E-state index contributed by atoms with van der Waals surface area (Å²) in [6, 6.07) is 17.9. The summed E-state index contributed by atoms with van der Waals surface area (Å²) < 4.78 is 14.7. The molecular formula is C34H36BrN3O3. The predicted molar refractivity (Wildman–Crippen MR) is 170 cm³/mol. The van der Waals surface area contributed by atoms with Crippen molar-refractivity contribution in [3.63, 3.8) is 0 Å². The summed E-state index contributed by atoms with van der Waals surface area (Å²) >= 11 is 3.50. The Bertz CT molecular complexity index is 1620. The second-order valence-electron chi connectivity index (χ2n) is 10.5. The Morgan fingerprint density at radius 1 is 1.07 bits per heavy atom. The fourth-order valence-corrected chi connectivity index (χ4v) is 5.72. The van der Waals surface area contributed by atoms with Crippen LogP contribution in [0.1, 0.15) is 73.0 Å². The fraction of sp³-hybridized carbons (Fsp3) is 0.324. The molecule has 0 spiro atoms. The molecule has 0 N–H and O–H groups in total. The molecule has 1 aliphatic rings. The summed E-state index contributed by atoms with van der Waals surface area (Å²) in [5, 5.41) is 5.28.